The fraction of sp³-hybridized carbons (Fsp3) is 0.789. The van der Waals surface area contributed by atoms with Gasteiger partial charge in [-0.25, -0.2) is 9.97 Å². The third-order valence-electron chi connectivity index (χ3n) is 7.12. The third-order valence-corrected chi connectivity index (χ3v) is 7.12. The Morgan fingerprint density at radius 1 is 1.00 bits per heavy atom. The van der Waals surface area contributed by atoms with Crippen molar-refractivity contribution in [3.8, 4) is 0 Å². The van der Waals surface area contributed by atoms with E-state index in [0.29, 0.717) is 11.6 Å². The molecule has 1 heterocycles. The van der Waals surface area contributed by atoms with Gasteiger partial charge in [-0.3, -0.25) is 10.1 Å². The van der Waals surface area contributed by atoms with Gasteiger partial charge in [0.05, 0.1) is 4.92 Å². The second-order valence-corrected chi connectivity index (χ2v) is 9.13. The fourth-order valence-electron chi connectivity index (χ4n) is 6.53. The zero-order valence-corrected chi connectivity index (χ0v) is 15.1. The standard InChI is InChI=1S/C19H27N5O2/c25-24(26)16-17(22-15-3-1-2-4-15)20-11-21-18(16)23-19-8-12-5-13(9-19)7-14(6-12)10-19/h11-15H,1-10H2,(H2,20,21,22,23). The van der Waals surface area contributed by atoms with E-state index in [9.17, 15) is 10.1 Å². The lowest BCUT2D eigenvalue weighted by atomic mass is 9.53. The monoisotopic (exact) mass is 357 g/mol. The van der Waals surface area contributed by atoms with Gasteiger partial charge in [0, 0.05) is 11.6 Å². The quantitative estimate of drug-likeness (QED) is 0.608. The highest BCUT2D eigenvalue weighted by atomic mass is 16.6. The van der Waals surface area contributed by atoms with E-state index in [-0.39, 0.29) is 22.2 Å². The lowest BCUT2D eigenvalue weighted by Gasteiger charge is -2.57. The molecular weight excluding hydrogens is 330 g/mol. The molecule has 7 heteroatoms. The number of nitrogens with one attached hydrogen (secondary N) is 2. The van der Waals surface area contributed by atoms with Gasteiger partial charge in [-0.1, -0.05) is 12.8 Å². The van der Waals surface area contributed by atoms with Crippen LogP contribution in [0, 0.1) is 27.9 Å². The summed E-state index contributed by atoms with van der Waals surface area (Å²) in [5.41, 5.74) is 0.0218. The molecule has 5 aliphatic carbocycles. The number of anilines is 2. The highest BCUT2D eigenvalue weighted by Gasteiger charge is 2.51. The van der Waals surface area contributed by atoms with Crippen LogP contribution in [-0.4, -0.2) is 26.5 Å². The van der Waals surface area contributed by atoms with Crippen molar-refractivity contribution < 1.29 is 4.92 Å². The van der Waals surface area contributed by atoms with Crippen LogP contribution >= 0.6 is 0 Å². The third kappa shape index (κ3) is 2.81. The molecule has 0 spiro atoms. The van der Waals surface area contributed by atoms with Crippen molar-refractivity contribution in [3.05, 3.63) is 16.4 Å². The van der Waals surface area contributed by atoms with Crippen molar-refractivity contribution in [2.24, 2.45) is 17.8 Å². The van der Waals surface area contributed by atoms with E-state index < -0.39 is 0 Å². The summed E-state index contributed by atoms with van der Waals surface area (Å²) in [5, 5.41) is 18.7. The molecule has 0 amide bonds. The second-order valence-electron chi connectivity index (χ2n) is 9.13. The van der Waals surface area contributed by atoms with Crippen molar-refractivity contribution >= 4 is 17.3 Å². The number of nitrogens with zero attached hydrogens (tertiary/aromatic N) is 3. The van der Waals surface area contributed by atoms with E-state index in [4.69, 9.17) is 0 Å². The van der Waals surface area contributed by atoms with Crippen molar-refractivity contribution in [2.45, 2.75) is 75.8 Å². The predicted molar refractivity (Wildman–Crippen MR) is 99.1 cm³/mol. The molecule has 0 saturated heterocycles. The highest BCUT2D eigenvalue weighted by Crippen LogP contribution is 2.57. The van der Waals surface area contributed by atoms with Crippen LogP contribution in [-0.2, 0) is 0 Å². The Morgan fingerprint density at radius 3 is 2.15 bits per heavy atom. The summed E-state index contributed by atoms with van der Waals surface area (Å²) in [6.45, 7) is 0. The van der Waals surface area contributed by atoms with Gasteiger partial charge >= 0.3 is 5.69 Å². The molecule has 140 valence electrons. The number of nitro groups is 1. The van der Waals surface area contributed by atoms with Crippen molar-refractivity contribution in [2.75, 3.05) is 10.6 Å². The summed E-state index contributed by atoms with van der Waals surface area (Å²) in [6, 6.07) is 0.288. The molecule has 0 radical (unpaired) electrons. The van der Waals surface area contributed by atoms with Gasteiger partial charge in [0.1, 0.15) is 6.33 Å². The summed E-state index contributed by atoms with van der Waals surface area (Å²) in [7, 11) is 0. The first-order valence-corrected chi connectivity index (χ1v) is 10.1. The maximum atomic E-state index is 11.8. The average molecular weight is 357 g/mol. The second kappa shape index (κ2) is 6.06. The van der Waals surface area contributed by atoms with E-state index in [1.54, 1.807) is 0 Å². The van der Waals surface area contributed by atoms with Crippen LogP contribution in [0.25, 0.3) is 0 Å². The molecule has 0 aromatic carbocycles. The van der Waals surface area contributed by atoms with E-state index >= 15 is 0 Å². The van der Waals surface area contributed by atoms with Gasteiger partial charge in [0.15, 0.2) is 0 Å². The number of hydrogen-bond acceptors (Lipinski definition) is 6. The minimum atomic E-state index is -0.319. The predicted octanol–water partition coefficient (Wildman–Crippen LogP) is 4.12. The Balaban J connectivity index is 1.44. The van der Waals surface area contributed by atoms with E-state index in [2.05, 4.69) is 20.6 Å². The molecule has 1 aromatic heterocycles. The van der Waals surface area contributed by atoms with E-state index in [1.807, 2.05) is 0 Å². The Labute approximate surface area is 153 Å². The average Bonchev–Trinajstić information content (AvgIpc) is 3.06. The molecule has 7 nitrogen and oxygen atoms in total. The first-order valence-electron chi connectivity index (χ1n) is 10.1. The van der Waals surface area contributed by atoms with Gasteiger partial charge in [-0.05, 0) is 69.1 Å². The molecule has 5 saturated carbocycles. The van der Waals surface area contributed by atoms with Crippen LogP contribution in [0.2, 0.25) is 0 Å². The largest absolute Gasteiger partial charge is 0.361 e. The first kappa shape index (κ1) is 16.3. The molecule has 0 unspecified atom stereocenters. The van der Waals surface area contributed by atoms with Gasteiger partial charge in [0.25, 0.3) is 0 Å². The summed E-state index contributed by atoms with van der Waals surface area (Å²) in [4.78, 5) is 20.1. The Bertz CT molecular complexity index is 681. The summed E-state index contributed by atoms with van der Waals surface area (Å²) in [6.07, 6.45) is 13.4. The zero-order valence-electron chi connectivity index (χ0n) is 15.1. The minimum absolute atomic E-state index is 0.00150. The van der Waals surface area contributed by atoms with Crippen LogP contribution < -0.4 is 10.6 Å². The number of aromatic nitrogens is 2. The van der Waals surface area contributed by atoms with Crippen LogP contribution in [0.5, 0.6) is 0 Å². The van der Waals surface area contributed by atoms with Gasteiger partial charge < -0.3 is 10.6 Å². The molecule has 6 rings (SSSR count). The molecule has 26 heavy (non-hydrogen) atoms. The van der Waals surface area contributed by atoms with Crippen LogP contribution in [0.4, 0.5) is 17.3 Å². The molecule has 0 aliphatic heterocycles. The smallest absolute Gasteiger partial charge is 0.353 e. The SMILES string of the molecule is O=[N+]([O-])c1c(NC2CCCC2)ncnc1NC12CC3CC(CC(C3)C1)C2. The molecular formula is C19H27N5O2. The lowest BCUT2D eigenvalue weighted by Crippen LogP contribution is -2.55. The zero-order chi connectivity index (χ0) is 17.7. The Morgan fingerprint density at radius 2 is 1.58 bits per heavy atom. The van der Waals surface area contributed by atoms with Crippen LogP contribution in [0.1, 0.15) is 64.2 Å². The van der Waals surface area contributed by atoms with Gasteiger partial charge in [-0.15, -0.1) is 0 Å². The Kier molecular flexibility index (Phi) is 3.79. The van der Waals surface area contributed by atoms with Gasteiger partial charge in [0.2, 0.25) is 11.6 Å². The summed E-state index contributed by atoms with van der Waals surface area (Å²) in [5.74, 6) is 3.14. The number of hydrogen-bond donors (Lipinski definition) is 2. The van der Waals surface area contributed by atoms with E-state index in [0.717, 1.165) is 49.9 Å². The molecule has 0 atom stereocenters. The molecule has 5 fully saturated rings. The topological polar surface area (TPSA) is 93.0 Å². The van der Waals surface area contributed by atoms with Crippen LogP contribution in [0.15, 0.2) is 6.33 Å². The van der Waals surface area contributed by atoms with E-state index in [1.165, 1.54) is 38.4 Å². The minimum Gasteiger partial charge on any atom is -0.361 e. The molecule has 5 aliphatic rings. The van der Waals surface area contributed by atoms with Gasteiger partial charge in [-0.2, -0.15) is 0 Å². The molecule has 2 N–H and O–H groups in total. The number of rotatable bonds is 5. The van der Waals surface area contributed by atoms with Crippen molar-refractivity contribution in [1.29, 1.82) is 0 Å². The fourth-order valence-corrected chi connectivity index (χ4v) is 6.53. The maximum Gasteiger partial charge on any atom is 0.353 e. The highest BCUT2D eigenvalue weighted by molar-refractivity contribution is 5.70. The lowest BCUT2D eigenvalue weighted by molar-refractivity contribution is -0.383. The molecule has 1 aromatic rings. The van der Waals surface area contributed by atoms with Crippen LogP contribution in [0.3, 0.4) is 0 Å². The summed E-state index contributed by atoms with van der Waals surface area (Å²) >= 11 is 0. The maximum absolute atomic E-state index is 11.8. The first-order chi connectivity index (χ1) is 12.6. The van der Waals surface area contributed by atoms with Crippen molar-refractivity contribution in [1.82, 2.24) is 9.97 Å². The van der Waals surface area contributed by atoms with Crippen molar-refractivity contribution in [3.63, 3.8) is 0 Å². The summed E-state index contributed by atoms with van der Waals surface area (Å²) < 4.78 is 0. The molecule has 4 bridgehead atoms. The Hall–Kier alpha value is -1.92. The normalized spacial score (nSPS) is 35.6.